The predicted octanol–water partition coefficient (Wildman–Crippen LogP) is 0.455. The molecule has 0 atom stereocenters. The van der Waals surface area contributed by atoms with Crippen molar-refractivity contribution in [2.24, 2.45) is 5.73 Å². The second kappa shape index (κ2) is 5.81. The first-order chi connectivity index (χ1) is 8.61. The van der Waals surface area contributed by atoms with Gasteiger partial charge >= 0.3 is 0 Å². The van der Waals surface area contributed by atoms with Crippen LogP contribution in [0.1, 0.15) is 19.5 Å². The number of pyridine rings is 1. The lowest BCUT2D eigenvalue weighted by molar-refractivity contribution is 0.476. The van der Waals surface area contributed by atoms with Crippen molar-refractivity contribution in [3.8, 4) is 0 Å². The molecule has 0 amide bonds. The molecule has 1 rings (SSSR count). The first kappa shape index (κ1) is 15.8. The molecule has 0 spiro atoms. The van der Waals surface area contributed by atoms with Crippen molar-refractivity contribution in [3.05, 3.63) is 24.0 Å². The van der Waals surface area contributed by atoms with E-state index < -0.39 is 15.6 Å². The van der Waals surface area contributed by atoms with Crippen LogP contribution in [-0.2, 0) is 10.0 Å². The molecule has 8 heteroatoms. The molecule has 0 saturated carbocycles. The minimum atomic E-state index is -3.27. The number of nitrogens with one attached hydrogen (secondary N) is 2. The largest absolute Gasteiger partial charge is 0.388 e. The third kappa shape index (κ3) is 5.50. The standard InChI is InChI=1S/C11H18N4O2S2/c1-11(2,15-19(3,16)17)7-14-8-5-4-6-13-9(8)10(12)18/h4-6,14-15H,7H2,1-3H3,(H2,12,18). The maximum Gasteiger partial charge on any atom is 0.209 e. The van der Waals surface area contributed by atoms with Gasteiger partial charge in [-0.3, -0.25) is 4.98 Å². The van der Waals surface area contributed by atoms with Gasteiger partial charge in [-0.1, -0.05) is 12.2 Å². The fraction of sp³-hybridized carbons (Fsp3) is 0.455. The van der Waals surface area contributed by atoms with Gasteiger partial charge in [-0.05, 0) is 26.0 Å². The number of aromatic nitrogens is 1. The summed E-state index contributed by atoms with van der Waals surface area (Å²) in [5.74, 6) is 0. The number of hydrogen-bond donors (Lipinski definition) is 3. The maximum atomic E-state index is 11.2. The van der Waals surface area contributed by atoms with Crippen LogP contribution in [0.2, 0.25) is 0 Å². The van der Waals surface area contributed by atoms with E-state index in [1.807, 2.05) is 0 Å². The number of rotatable bonds is 6. The lowest BCUT2D eigenvalue weighted by atomic mass is 10.1. The summed E-state index contributed by atoms with van der Waals surface area (Å²) in [6.45, 7) is 3.93. The molecule has 0 bridgehead atoms. The molecule has 0 aliphatic carbocycles. The number of anilines is 1. The summed E-state index contributed by atoms with van der Waals surface area (Å²) in [5.41, 5.74) is 6.10. The van der Waals surface area contributed by atoms with Gasteiger partial charge in [-0.2, -0.15) is 0 Å². The van der Waals surface area contributed by atoms with E-state index in [9.17, 15) is 8.42 Å². The third-order valence-corrected chi connectivity index (χ3v) is 3.34. The highest BCUT2D eigenvalue weighted by atomic mass is 32.2. The van der Waals surface area contributed by atoms with E-state index in [4.69, 9.17) is 18.0 Å². The van der Waals surface area contributed by atoms with Crippen molar-refractivity contribution in [2.45, 2.75) is 19.4 Å². The molecule has 1 heterocycles. The minimum absolute atomic E-state index is 0.192. The van der Waals surface area contributed by atoms with Gasteiger partial charge in [0.15, 0.2) is 0 Å². The average Bonchev–Trinajstić information content (AvgIpc) is 2.23. The van der Waals surface area contributed by atoms with Crippen LogP contribution < -0.4 is 15.8 Å². The summed E-state index contributed by atoms with van der Waals surface area (Å²) >= 11 is 4.91. The van der Waals surface area contributed by atoms with Gasteiger partial charge in [-0.25, -0.2) is 13.1 Å². The van der Waals surface area contributed by atoms with E-state index >= 15 is 0 Å². The van der Waals surface area contributed by atoms with E-state index in [1.165, 1.54) is 0 Å². The maximum absolute atomic E-state index is 11.2. The average molecular weight is 302 g/mol. The van der Waals surface area contributed by atoms with Crippen LogP contribution in [0.4, 0.5) is 5.69 Å². The van der Waals surface area contributed by atoms with E-state index in [2.05, 4.69) is 15.0 Å². The number of thiocarbonyl (C=S) groups is 1. The van der Waals surface area contributed by atoms with E-state index in [0.717, 1.165) is 6.26 Å². The van der Waals surface area contributed by atoms with Crippen LogP contribution in [0.5, 0.6) is 0 Å². The van der Waals surface area contributed by atoms with Crippen LogP contribution in [-0.4, -0.2) is 36.7 Å². The zero-order valence-electron chi connectivity index (χ0n) is 11.1. The molecule has 1 aromatic rings. The molecule has 0 saturated heterocycles. The highest BCUT2D eigenvalue weighted by Crippen LogP contribution is 2.14. The highest BCUT2D eigenvalue weighted by molar-refractivity contribution is 7.88. The van der Waals surface area contributed by atoms with Crippen molar-refractivity contribution < 1.29 is 8.42 Å². The topological polar surface area (TPSA) is 97.1 Å². The predicted molar refractivity (Wildman–Crippen MR) is 80.7 cm³/mol. The first-order valence-electron chi connectivity index (χ1n) is 5.58. The molecule has 106 valence electrons. The van der Waals surface area contributed by atoms with Crippen LogP contribution >= 0.6 is 12.2 Å². The van der Waals surface area contributed by atoms with Crippen LogP contribution in [0.15, 0.2) is 18.3 Å². The molecule has 19 heavy (non-hydrogen) atoms. The van der Waals surface area contributed by atoms with Crippen LogP contribution in [0.25, 0.3) is 0 Å². The van der Waals surface area contributed by atoms with Crippen molar-refractivity contribution in [1.82, 2.24) is 9.71 Å². The smallest absolute Gasteiger partial charge is 0.209 e. The number of nitrogens with zero attached hydrogens (tertiary/aromatic N) is 1. The SMILES string of the molecule is CC(C)(CNc1cccnc1C(N)=S)NS(C)(=O)=O. The van der Waals surface area contributed by atoms with Crippen molar-refractivity contribution in [3.63, 3.8) is 0 Å². The monoisotopic (exact) mass is 302 g/mol. The van der Waals surface area contributed by atoms with Crippen molar-refractivity contribution in [2.75, 3.05) is 18.1 Å². The summed E-state index contributed by atoms with van der Waals surface area (Å²) in [6.07, 6.45) is 2.72. The summed E-state index contributed by atoms with van der Waals surface area (Å²) in [5, 5.41) is 3.10. The normalized spacial score (nSPS) is 12.2. The number of sulfonamides is 1. The van der Waals surface area contributed by atoms with Gasteiger partial charge in [0.1, 0.15) is 10.7 Å². The Morgan fingerprint density at radius 2 is 2.16 bits per heavy atom. The zero-order valence-corrected chi connectivity index (χ0v) is 12.7. The van der Waals surface area contributed by atoms with Gasteiger partial charge in [0.25, 0.3) is 0 Å². The Morgan fingerprint density at radius 1 is 1.53 bits per heavy atom. The Morgan fingerprint density at radius 3 is 2.68 bits per heavy atom. The molecule has 0 aliphatic rings. The fourth-order valence-electron chi connectivity index (χ4n) is 1.60. The van der Waals surface area contributed by atoms with Crippen molar-refractivity contribution >= 4 is 32.9 Å². The molecule has 6 nitrogen and oxygen atoms in total. The van der Waals surface area contributed by atoms with E-state index in [0.29, 0.717) is 17.9 Å². The second-order valence-corrected chi connectivity index (χ2v) is 7.06. The van der Waals surface area contributed by atoms with Gasteiger partial charge in [0, 0.05) is 18.3 Å². The molecule has 1 aromatic heterocycles. The lowest BCUT2D eigenvalue weighted by Gasteiger charge is -2.26. The third-order valence-electron chi connectivity index (χ3n) is 2.22. The molecular formula is C11H18N4O2S2. The Kier molecular flexibility index (Phi) is 4.83. The second-order valence-electron chi connectivity index (χ2n) is 4.88. The Labute approximate surface area is 118 Å². The molecule has 0 radical (unpaired) electrons. The fourth-order valence-corrected chi connectivity index (χ4v) is 2.84. The minimum Gasteiger partial charge on any atom is -0.388 e. The molecule has 0 unspecified atom stereocenters. The Balaban J connectivity index is 2.80. The summed E-state index contributed by atoms with van der Waals surface area (Å²) < 4.78 is 25.0. The molecule has 0 aromatic carbocycles. The van der Waals surface area contributed by atoms with Gasteiger partial charge in [-0.15, -0.1) is 0 Å². The first-order valence-corrected chi connectivity index (χ1v) is 7.88. The van der Waals surface area contributed by atoms with Crippen LogP contribution in [0.3, 0.4) is 0 Å². The summed E-state index contributed by atoms with van der Waals surface area (Å²) in [6, 6.07) is 3.54. The summed E-state index contributed by atoms with van der Waals surface area (Å²) in [4.78, 5) is 4.28. The molecule has 0 fully saturated rings. The molecular weight excluding hydrogens is 284 g/mol. The Bertz CT molecular complexity index is 570. The van der Waals surface area contributed by atoms with Crippen LogP contribution in [0, 0.1) is 0 Å². The zero-order chi connectivity index (χ0) is 14.7. The Hall–Kier alpha value is -1.25. The summed E-state index contributed by atoms with van der Waals surface area (Å²) in [7, 11) is -3.27. The van der Waals surface area contributed by atoms with E-state index in [1.54, 1.807) is 32.2 Å². The van der Waals surface area contributed by atoms with Gasteiger partial charge in [0.05, 0.1) is 11.9 Å². The number of hydrogen-bond acceptors (Lipinski definition) is 5. The molecule has 4 N–H and O–H groups in total. The van der Waals surface area contributed by atoms with Gasteiger partial charge in [0.2, 0.25) is 10.0 Å². The number of nitrogens with two attached hydrogens (primary N) is 1. The van der Waals surface area contributed by atoms with Crippen molar-refractivity contribution in [1.29, 1.82) is 0 Å². The van der Waals surface area contributed by atoms with E-state index in [-0.39, 0.29) is 4.99 Å². The quantitative estimate of drug-likeness (QED) is 0.660. The van der Waals surface area contributed by atoms with Gasteiger partial charge < -0.3 is 11.1 Å². The lowest BCUT2D eigenvalue weighted by Crippen LogP contribution is -2.47. The highest BCUT2D eigenvalue weighted by Gasteiger charge is 2.22. The molecule has 0 aliphatic heterocycles.